The number of rotatable bonds is 2. The van der Waals surface area contributed by atoms with Gasteiger partial charge in [-0.05, 0) is 24.3 Å². The van der Waals surface area contributed by atoms with E-state index in [1.54, 1.807) is 6.26 Å². The summed E-state index contributed by atoms with van der Waals surface area (Å²) in [7, 11) is 0. The monoisotopic (exact) mass is 210 g/mol. The Hall–Kier alpha value is -0.860. The van der Waals surface area contributed by atoms with Crippen LogP contribution in [-0.4, -0.2) is 0 Å². The van der Waals surface area contributed by atoms with E-state index in [9.17, 15) is 0 Å². The summed E-state index contributed by atoms with van der Waals surface area (Å²) in [6.07, 6.45) is 1.65. The van der Waals surface area contributed by atoms with Gasteiger partial charge in [0, 0.05) is 4.90 Å². The molecule has 0 aliphatic heterocycles. The molecule has 0 unspecified atom stereocenters. The smallest absolute Gasteiger partial charge is 0.164 e. The number of hydrogen-bond acceptors (Lipinski definition) is 2. The van der Waals surface area contributed by atoms with Gasteiger partial charge in [0.25, 0.3) is 0 Å². The van der Waals surface area contributed by atoms with Crippen molar-refractivity contribution in [3.8, 4) is 0 Å². The van der Waals surface area contributed by atoms with Crippen molar-refractivity contribution in [2.45, 2.75) is 9.99 Å². The third-order valence-electron chi connectivity index (χ3n) is 1.54. The SMILES string of the molecule is Clc1ccccc1Sc1ccco1. The summed E-state index contributed by atoms with van der Waals surface area (Å²) in [5.74, 6) is 0. The fraction of sp³-hybridized carbons (Fsp3) is 0. The number of hydrogen-bond donors (Lipinski definition) is 0. The van der Waals surface area contributed by atoms with E-state index in [0.29, 0.717) is 0 Å². The minimum Gasteiger partial charge on any atom is -0.458 e. The van der Waals surface area contributed by atoms with Crippen molar-refractivity contribution < 1.29 is 4.42 Å². The lowest BCUT2D eigenvalue weighted by Crippen LogP contribution is -1.71. The Morgan fingerprint density at radius 1 is 1.08 bits per heavy atom. The zero-order valence-corrected chi connectivity index (χ0v) is 8.31. The van der Waals surface area contributed by atoms with Crippen LogP contribution in [0.1, 0.15) is 0 Å². The molecule has 0 amide bonds. The Labute approximate surface area is 85.7 Å². The Balaban J connectivity index is 2.24. The van der Waals surface area contributed by atoms with Crippen LogP contribution in [0.25, 0.3) is 0 Å². The highest BCUT2D eigenvalue weighted by Crippen LogP contribution is 2.32. The Kier molecular flexibility index (Phi) is 2.62. The van der Waals surface area contributed by atoms with Crippen LogP contribution in [0.5, 0.6) is 0 Å². The van der Waals surface area contributed by atoms with Crippen molar-refractivity contribution in [3.05, 3.63) is 47.7 Å². The minimum atomic E-state index is 0.754. The maximum atomic E-state index is 5.98. The standard InChI is InChI=1S/C10H7ClOS/c11-8-4-1-2-5-9(8)13-10-6-3-7-12-10/h1-7H. The largest absolute Gasteiger partial charge is 0.458 e. The van der Waals surface area contributed by atoms with Gasteiger partial charge in [-0.2, -0.15) is 0 Å². The summed E-state index contributed by atoms with van der Waals surface area (Å²) in [6.45, 7) is 0. The normalized spacial score (nSPS) is 10.2. The van der Waals surface area contributed by atoms with Crippen LogP contribution in [0.4, 0.5) is 0 Å². The van der Waals surface area contributed by atoms with Gasteiger partial charge in [0.15, 0.2) is 5.09 Å². The molecular weight excluding hydrogens is 204 g/mol. The lowest BCUT2D eigenvalue weighted by atomic mass is 10.4. The fourth-order valence-electron chi connectivity index (χ4n) is 0.957. The number of halogens is 1. The molecule has 0 aliphatic carbocycles. The van der Waals surface area contributed by atoms with Gasteiger partial charge in [0.2, 0.25) is 0 Å². The quantitative estimate of drug-likeness (QED) is 0.741. The van der Waals surface area contributed by atoms with E-state index >= 15 is 0 Å². The van der Waals surface area contributed by atoms with Gasteiger partial charge in [-0.15, -0.1) is 0 Å². The summed E-state index contributed by atoms with van der Waals surface area (Å²) >= 11 is 7.50. The molecule has 0 radical (unpaired) electrons. The molecule has 3 heteroatoms. The van der Waals surface area contributed by atoms with E-state index in [1.807, 2.05) is 36.4 Å². The van der Waals surface area contributed by atoms with Gasteiger partial charge in [-0.1, -0.05) is 35.5 Å². The second-order valence-corrected chi connectivity index (χ2v) is 3.92. The van der Waals surface area contributed by atoms with Gasteiger partial charge in [-0.3, -0.25) is 0 Å². The van der Waals surface area contributed by atoms with E-state index in [4.69, 9.17) is 16.0 Å². The molecule has 66 valence electrons. The molecule has 0 saturated carbocycles. The van der Waals surface area contributed by atoms with E-state index in [-0.39, 0.29) is 0 Å². The van der Waals surface area contributed by atoms with Crippen LogP contribution in [-0.2, 0) is 0 Å². The van der Waals surface area contributed by atoms with Gasteiger partial charge in [0.05, 0.1) is 11.3 Å². The second-order valence-electron chi connectivity index (χ2n) is 2.46. The molecular formula is C10H7ClOS. The van der Waals surface area contributed by atoms with Crippen LogP contribution < -0.4 is 0 Å². The van der Waals surface area contributed by atoms with Crippen molar-refractivity contribution in [2.75, 3.05) is 0 Å². The van der Waals surface area contributed by atoms with Crippen LogP contribution in [0, 0.1) is 0 Å². The molecule has 0 saturated heterocycles. The van der Waals surface area contributed by atoms with Crippen molar-refractivity contribution >= 4 is 23.4 Å². The highest BCUT2D eigenvalue weighted by Gasteiger charge is 2.02. The zero-order valence-electron chi connectivity index (χ0n) is 6.74. The van der Waals surface area contributed by atoms with E-state index in [2.05, 4.69) is 0 Å². The molecule has 13 heavy (non-hydrogen) atoms. The topological polar surface area (TPSA) is 13.1 Å². The maximum Gasteiger partial charge on any atom is 0.164 e. The lowest BCUT2D eigenvalue weighted by molar-refractivity contribution is 0.474. The lowest BCUT2D eigenvalue weighted by Gasteiger charge is -1.99. The van der Waals surface area contributed by atoms with Crippen LogP contribution in [0.15, 0.2) is 57.1 Å². The van der Waals surface area contributed by atoms with Gasteiger partial charge in [0.1, 0.15) is 0 Å². The third-order valence-corrected chi connectivity index (χ3v) is 2.99. The summed E-state index contributed by atoms with van der Waals surface area (Å²) in [4.78, 5) is 1.01. The maximum absolute atomic E-state index is 5.98. The molecule has 1 nitrogen and oxygen atoms in total. The van der Waals surface area contributed by atoms with E-state index in [0.717, 1.165) is 15.0 Å². The molecule has 0 atom stereocenters. The summed E-state index contributed by atoms with van der Waals surface area (Å²) in [5, 5.41) is 1.61. The van der Waals surface area contributed by atoms with E-state index < -0.39 is 0 Å². The minimum absolute atomic E-state index is 0.754. The van der Waals surface area contributed by atoms with Crippen LogP contribution >= 0.6 is 23.4 Å². The third kappa shape index (κ3) is 2.08. The zero-order chi connectivity index (χ0) is 9.10. The average molecular weight is 211 g/mol. The van der Waals surface area contributed by atoms with Crippen molar-refractivity contribution in [2.24, 2.45) is 0 Å². The number of furan rings is 1. The Bertz CT molecular complexity index is 384. The summed E-state index contributed by atoms with van der Waals surface area (Å²) in [6, 6.07) is 11.5. The first kappa shape index (κ1) is 8.73. The van der Waals surface area contributed by atoms with Gasteiger partial charge < -0.3 is 4.42 Å². The molecule has 0 bridgehead atoms. The molecule has 1 aromatic heterocycles. The van der Waals surface area contributed by atoms with Crippen LogP contribution in [0.3, 0.4) is 0 Å². The highest BCUT2D eigenvalue weighted by atomic mass is 35.5. The molecule has 2 rings (SSSR count). The molecule has 0 spiro atoms. The molecule has 1 heterocycles. The molecule has 2 aromatic rings. The van der Waals surface area contributed by atoms with Crippen molar-refractivity contribution in [3.63, 3.8) is 0 Å². The second kappa shape index (κ2) is 3.90. The first-order chi connectivity index (χ1) is 6.36. The predicted octanol–water partition coefficient (Wildman–Crippen LogP) is 4.08. The van der Waals surface area contributed by atoms with Crippen LogP contribution in [0.2, 0.25) is 5.02 Å². The Morgan fingerprint density at radius 2 is 1.92 bits per heavy atom. The summed E-state index contributed by atoms with van der Waals surface area (Å²) in [5.41, 5.74) is 0. The fourth-order valence-corrected chi connectivity index (χ4v) is 1.99. The number of benzene rings is 1. The molecule has 0 fully saturated rings. The first-order valence-corrected chi connectivity index (χ1v) is 5.01. The molecule has 0 aliphatic rings. The average Bonchev–Trinajstić information content (AvgIpc) is 2.61. The van der Waals surface area contributed by atoms with Crippen molar-refractivity contribution in [1.82, 2.24) is 0 Å². The van der Waals surface area contributed by atoms with Gasteiger partial charge >= 0.3 is 0 Å². The van der Waals surface area contributed by atoms with E-state index in [1.165, 1.54) is 11.8 Å². The molecule has 1 aromatic carbocycles. The van der Waals surface area contributed by atoms with Gasteiger partial charge in [-0.25, -0.2) is 0 Å². The summed E-state index contributed by atoms with van der Waals surface area (Å²) < 4.78 is 5.20. The molecule has 0 N–H and O–H groups in total. The van der Waals surface area contributed by atoms with Crippen molar-refractivity contribution in [1.29, 1.82) is 0 Å². The predicted molar refractivity (Wildman–Crippen MR) is 54.3 cm³/mol. The Morgan fingerprint density at radius 3 is 2.62 bits per heavy atom. The highest BCUT2D eigenvalue weighted by molar-refractivity contribution is 7.99. The first-order valence-electron chi connectivity index (χ1n) is 3.82.